The highest BCUT2D eigenvalue weighted by molar-refractivity contribution is 8.06. The zero-order valence-corrected chi connectivity index (χ0v) is 19.3. The Hall–Kier alpha value is -2.78. The van der Waals surface area contributed by atoms with Crippen molar-refractivity contribution in [1.29, 1.82) is 0 Å². The first-order chi connectivity index (χ1) is 15.1. The first-order valence-corrected chi connectivity index (χ1v) is 12.1. The summed E-state index contributed by atoms with van der Waals surface area (Å²) < 4.78 is 0. The van der Waals surface area contributed by atoms with Gasteiger partial charge in [-0.3, -0.25) is 14.5 Å². The predicted molar refractivity (Wildman–Crippen MR) is 119 cm³/mol. The largest absolute Gasteiger partial charge is 0.478 e. The molecule has 1 aromatic rings. The molecule has 1 fully saturated rings. The number of β-lactam (4-membered cyclic amide) rings is 1. The van der Waals surface area contributed by atoms with Crippen LogP contribution in [0.5, 0.6) is 0 Å². The Morgan fingerprint density at radius 2 is 2.19 bits per heavy atom. The fourth-order valence-electron chi connectivity index (χ4n) is 2.86. The molecule has 0 saturated carbocycles. The number of oxime groups is 1. The van der Waals surface area contributed by atoms with Crippen molar-refractivity contribution >= 4 is 69.5 Å². The molecule has 0 bridgehead atoms. The molecule has 0 aromatic carbocycles. The van der Waals surface area contributed by atoms with Gasteiger partial charge in [-0.25, -0.2) is 14.6 Å². The fraction of sp³-hybridized carbons (Fsp3) is 0.412. The molecule has 32 heavy (non-hydrogen) atoms. The van der Waals surface area contributed by atoms with E-state index in [4.69, 9.17) is 15.7 Å². The summed E-state index contributed by atoms with van der Waals surface area (Å²) in [5.74, 6) is -2.85. The number of nitrogens with one attached hydrogen (secondary N) is 1. The molecule has 0 spiro atoms. The number of carboxylic acid groups (broad SMARTS) is 2. The second kappa shape index (κ2) is 9.79. The highest BCUT2D eigenvalue weighted by Gasteiger charge is 2.54. The van der Waals surface area contributed by atoms with E-state index in [-0.39, 0.29) is 22.2 Å². The van der Waals surface area contributed by atoms with Crippen LogP contribution in [0.15, 0.2) is 21.1 Å². The average molecular weight is 502 g/mol. The fourth-order valence-corrected chi connectivity index (χ4v) is 5.81. The zero-order chi connectivity index (χ0) is 23.6. The predicted octanol–water partition coefficient (Wildman–Crippen LogP) is 0.368. The van der Waals surface area contributed by atoms with Gasteiger partial charge in [0.15, 0.2) is 10.8 Å². The Labute approximate surface area is 194 Å². The highest BCUT2D eigenvalue weighted by atomic mass is 32.2. The van der Waals surface area contributed by atoms with Gasteiger partial charge < -0.3 is 26.1 Å². The molecule has 3 rings (SSSR count). The third-order valence-electron chi connectivity index (χ3n) is 4.37. The smallest absolute Gasteiger partial charge is 0.353 e. The van der Waals surface area contributed by atoms with Gasteiger partial charge in [0.2, 0.25) is 6.10 Å². The number of carboxylic acids is 2. The Morgan fingerprint density at radius 3 is 2.75 bits per heavy atom. The van der Waals surface area contributed by atoms with Crippen molar-refractivity contribution in [2.24, 2.45) is 5.16 Å². The van der Waals surface area contributed by atoms with Gasteiger partial charge in [-0.15, -0.1) is 34.9 Å². The Balaban J connectivity index is 1.80. The van der Waals surface area contributed by atoms with Crippen LogP contribution in [0.4, 0.5) is 5.13 Å². The standard InChI is InChI=1S/C17H19N5O7S3/c1-3-30-8-5-31-14-10(13(24)22(14)11(8)16(27)28)20-12(23)9(7-4-32-17(18)19-7)21-29-6(2)15(25)26/h4,6,10,14H,3,5H2,1-2H3,(H2,18,19)(H,20,23)(H,25,26)(H,27,28)/t6?,10?,14-/m0/s1. The number of thiazole rings is 1. The van der Waals surface area contributed by atoms with E-state index in [2.05, 4.69) is 15.5 Å². The molecule has 2 amide bonds. The summed E-state index contributed by atoms with van der Waals surface area (Å²) >= 11 is 3.73. The number of carbonyl (C=O) groups excluding carboxylic acids is 2. The summed E-state index contributed by atoms with van der Waals surface area (Å²) in [4.78, 5) is 58.9. The number of fused-ring (bicyclic) bond motifs is 1. The minimum absolute atomic E-state index is 0.0512. The van der Waals surface area contributed by atoms with Crippen molar-refractivity contribution in [3.63, 3.8) is 0 Å². The van der Waals surface area contributed by atoms with Crippen LogP contribution in [0, 0.1) is 0 Å². The maximum absolute atomic E-state index is 12.9. The lowest BCUT2D eigenvalue weighted by atomic mass is 10.0. The second-order valence-corrected chi connectivity index (χ2v) is 9.82. The lowest BCUT2D eigenvalue weighted by molar-refractivity contribution is -0.150. The number of anilines is 1. The lowest BCUT2D eigenvalue weighted by Gasteiger charge is -2.49. The minimum Gasteiger partial charge on any atom is -0.478 e. The molecule has 12 nitrogen and oxygen atoms in total. The molecule has 0 radical (unpaired) electrons. The summed E-state index contributed by atoms with van der Waals surface area (Å²) in [7, 11) is 0. The normalized spacial score (nSPS) is 21.5. The van der Waals surface area contributed by atoms with E-state index in [0.717, 1.165) is 11.3 Å². The summed E-state index contributed by atoms with van der Waals surface area (Å²) in [6.07, 6.45) is -1.33. The molecule has 1 aromatic heterocycles. The highest BCUT2D eigenvalue weighted by Crippen LogP contribution is 2.43. The zero-order valence-electron chi connectivity index (χ0n) is 16.8. The average Bonchev–Trinajstić information content (AvgIpc) is 3.17. The van der Waals surface area contributed by atoms with Crippen LogP contribution >= 0.6 is 34.9 Å². The number of nitrogens with two attached hydrogens (primary N) is 1. The molecule has 3 atom stereocenters. The monoisotopic (exact) mass is 501 g/mol. The number of hydrogen-bond donors (Lipinski definition) is 4. The van der Waals surface area contributed by atoms with Gasteiger partial charge in [0.25, 0.3) is 11.8 Å². The second-order valence-electron chi connectivity index (χ2n) is 6.47. The third kappa shape index (κ3) is 4.68. The number of thioether (sulfide) groups is 2. The number of amides is 2. The van der Waals surface area contributed by atoms with Crippen molar-refractivity contribution in [1.82, 2.24) is 15.2 Å². The molecular weight excluding hydrogens is 482 g/mol. The summed E-state index contributed by atoms with van der Waals surface area (Å²) in [5, 5.41) is 25.7. The third-order valence-corrected chi connectivity index (χ3v) is 7.48. The SMILES string of the molecule is CCSC1=C(C(=O)O)N2C(=O)C(NC(=O)C(=NOC(C)C(=O)O)c3csc(N)n3)[C@@H]2SC1. The molecule has 0 aliphatic carbocycles. The van der Waals surface area contributed by atoms with E-state index in [1.165, 1.54) is 40.7 Å². The Morgan fingerprint density at radius 1 is 1.47 bits per heavy atom. The number of aliphatic carboxylic acids is 2. The number of nitrogen functional groups attached to an aromatic ring is 1. The molecule has 5 N–H and O–H groups in total. The van der Waals surface area contributed by atoms with Crippen LogP contribution in [0.2, 0.25) is 0 Å². The molecule has 15 heteroatoms. The molecular formula is C17H19N5O7S3. The van der Waals surface area contributed by atoms with E-state index >= 15 is 0 Å². The van der Waals surface area contributed by atoms with Crippen LogP contribution in [0.1, 0.15) is 19.5 Å². The molecule has 3 heterocycles. The van der Waals surface area contributed by atoms with Gasteiger partial charge in [0, 0.05) is 16.0 Å². The Bertz CT molecular complexity index is 1020. The van der Waals surface area contributed by atoms with Crippen LogP contribution < -0.4 is 11.1 Å². The van der Waals surface area contributed by atoms with Crippen LogP contribution in [-0.2, 0) is 24.0 Å². The summed E-state index contributed by atoms with van der Waals surface area (Å²) in [5.41, 5.74) is 5.23. The van der Waals surface area contributed by atoms with Gasteiger partial charge in [-0.2, -0.15) is 0 Å². The van der Waals surface area contributed by atoms with E-state index in [9.17, 15) is 24.3 Å². The van der Waals surface area contributed by atoms with Crippen LogP contribution in [-0.4, -0.2) is 78.6 Å². The van der Waals surface area contributed by atoms with Crippen molar-refractivity contribution in [3.8, 4) is 0 Å². The van der Waals surface area contributed by atoms with E-state index in [1.54, 1.807) is 0 Å². The van der Waals surface area contributed by atoms with E-state index < -0.39 is 41.3 Å². The summed E-state index contributed by atoms with van der Waals surface area (Å²) in [6.45, 7) is 3.11. The quantitative estimate of drug-likeness (QED) is 0.208. The molecule has 2 unspecified atom stereocenters. The van der Waals surface area contributed by atoms with Gasteiger partial charge in [0.05, 0.1) is 0 Å². The maximum atomic E-state index is 12.9. The van der Waals surface area contributed by atoms with Gasteiger partial charge in [-0.1, -0.05) is 12.1 Å². The first-order valence-electron chi connectivity index (χ1n) is 9.18. The number of hydrogen-bond acceptors (Lipinski definition) is 11. The maximum Gasteiger partial charge on any atom is 0.353 e. The van der Waals surface area contributed by atoms with Crippen molar-refractivity contribution < 1.29 is 34.2 Å². The van der Waals surface area contributed by atoms with E-state index in [0.29, 0.717) is 16.4 Å². The van der Waals surface area contributed by atoms with Crippen LogP contribution in [0.25, 0.3) is 0 Å². The number of aromatic nitrogens is 1. The molecule has 172 valence electrons. The minimum atomic E-state index is -1.33. The van der Waals surface area contributed by atoms with Crippen molar-refractivity contribution in [2.75, 3.05) is 17.2 Å². The first kappa shape index (κ1) is 23.9. The molecule has 1 saturated heterocycles. The topological polar surface area (TPSA) is 185 Å². The van der Waals surface area contributed by atoms with Crippen molar-refractivity contribution in [3.05, 3.63) is 21.7 Å². The molecule has 2 aliphatic heterocycles. The summed E-state index contributed by atoms with van der Waals surface area (Å²) in [6, 6.07) is -0.992. The van der Waals surface area contributed by atoms with Gasteiger partial charge in [-0.05, 0) is 12.7 Å². The molecule has 2 aliphatic rings. The van der Waals surface area contributed by atoms with Crippen LogP contribution in [0.3, 0.4) is 0 Å². The number of rotatable bonds is 9. The number of nitrogens with zero attached hydrogens (tertiary/aromatic N) is 3. The van der Waals surface area contributed by atoms with E-state index in [1.807, 2.05) is 6.92 Å². The van der Waals surface area contributed by atoms with Gasteiger partial charge >= 0.3 is 11.9 Å². The Kier molecular flexibility index (Phi) is 7.30. The number of carbonyl (C=O) groups is 4. The lowest BCUT2D eigenvalue weighted by Crippen LogP contribution is -2.71. The van der Waals surface area contributed by atoms with Crippen molar-refractivity contribution in [2.45, 2.75) is 31.4 Å². The van der Waals surface area contributed by atoms with Gasteiger partial charge in [0.1, 0.15) is 22.8 Å².